The molecule has 0 amide bonds. The van der Waals surface area contributed by atoms with Crippen molar-refractivity contribution in [2.24, 2.45) is 5.73 Å². The second-order valence-electron chi connectivity index (χ2n) is 3.65. The van der Waals surface area contributed by atoms with Crippen LogP contribution < -0.4 is 10.5 Å². The van der Waals surface area contributed by atoms with Crippen LogP contribution in [-0.2, 0) is 9.84 Å². The van der Waals surface area contributed by atoms with E-state index in [1.54, 1.807) is 0 Å². The Morgan fingerprint density at radius 2 is 2.05 bits per heavy atom. The zero-order valence-electron chi connectivity index (χ0n) is 10.2. The fourth-order valence-corrected chi connectivity index (χ4v) is 1.90. The molecule has 1 aromatic rings. The Kier molecular flexibility index (Phi) is 6.74. The molecule has 9 heteroatoms. The van der Waals surface area contributed by atoms with Gasteiger partial charge in [0.15, 0.2) is 15.6 Å². The number of nitro groups is 1. The lowest BCUT2D eigenvalue weighted by molar-refractivity contribution is -0.386. The fourth-order valence-electron chi connectivity index (χ4n) is 1.26. The Labute approximate surface area is 117 Å². The second-order valence-corrected chi connectivity index (χ2v) is 5.67. The Bertz CT molecular complexity index is 547. The monoisotopic (exact) mass is 310 g/mol. The van der Waals surface area contributed by atoms with Gasteiger partial charge in [-0.05, 0) is 25.1 Å². The van der Waals surface area contributed by atoms with Gasteiger partial charge in [-0.1, -0.05) is 0 Å². The molecule has 0 saturated heterocycles. The minimum Gasteiger partial charge on any atom is -0.487 e. The number of halogens is 1. The van der Waals surface area contributed by atoms with Crippen LogP contribution in [0.2, 0.25) is 0 Å². The molecular weight excluding hydrogens is 296 g/mol. The molecule has 0 aliphatic carbocycles. The number of benzene rings is 1. The number of hydrogen-bond donors (Lipinski definition) is 1. The maximum Gasteiger partial charge on any atom is 0.312 e. The van der Waals surface area contributed by atoms with Crippen LogP contribution in [0.3, 0.4) is 0 Å². The van der Waals surface area contributed by atoms with E-state index in [2.05, 4.69) is 0 Å². The highest BCUT2D eigenvalue weighted by Crippen LogP contribution is 2.29. The third kappa shape index (κ3) is 5.01. The zero-order valence-corrected chi connectivity index (χ0v) is 11.9. The molecule has 7 nitrogen and oxygen atoms in total. The number of nitro benzene ring substituents is 1. The largest absolute Gasteiger partial charge is 0.487 e. The van der Waals surface area contributed by atoms with Crippen LogP contribution in [0.15, 0.2) is 23.1 Å². The van der Waals surface area contributed by atoms with Crippen molar-refractivity contribution in [3.63, 3.8) is 0 Å². The molecule has 0 aliphatic heterocycles. The lowest BCUT2D eigenvalue weighted by atomic mass is 10.3. The van der Waals surface area contributed by atoms with Crippen LogP contribution >= 0.6 is 12.4 Å². The first-order valence-corrected chi connectivity index (χ1v) is 7.06. The molecule has 108 valence electrons. The number of ether oxygens (including phenoxy) is 1. The van der Waals surface area contributed by atoms with Crippen molar-refractivity contribution in [2.75, 3.05) is 19.4 Å². The average Bonchev–Trinajstić information content (AvgIpc) is 2.28. The Morgan fingerprint density at radius 3 is 2.53 bits per heavy atom. The van der Waals surface area contributed by atoms with E-state index in [4.69, 9.17) is 10.5 Å². The molecule has 0 radical (unpaired) electrons. The SMILES string of the molecule is CS(=O)(=O)c1ccc(OCCCN)c([N+](=O)[O-])c1.Cl. The van der Waals surface area contributed by atoms with Crippen molar-refractivity contribution in [1.29, 1.82) is 0 Å². The van der Waals surface area contributed by atoms with E-state index < -0.39 is 14.8 Å². The van der Waals surface area contributed by atoms with Gasteiger partial charge in [0.05, 0.1) is 16.4 Å². The molecule has 0 atom stereocenters. The molecule has 0 aromatic heterocycles. The third-order valence-corrected chi connectivity index (χ3v) is 3.27. The number of sulfone groups is 1. The van der Waals surface area contributed by atoms with Gasteiger partial charge >= 0.3 is 5.69 Å². The first-order valence-electron chi connectivity index (χ1n) is 5.17. The Morgan fingerprint density at radius 1 is 1.42 bits per heavy atom. The lowest BCUT2D eigenvalue weighted by Crippen LogP contribution is -2.07. The number of rotatable bonds is 6. The molecule has 0 spiro atoms. The van der Waals surface area contributed by atoms with Gasteiger partial charge in [-0.25, -0.2) is 8.42 Å². The Balaban J connectivity index is 0.00000324. The van der Waals surface area contributed by atoms with Gasteiger partial charge in [-0.3, -0.25) is 10.1 Å². The number of nitrogens with two attached hydrogens (primary N) is 1. The molecule has 0 aliphatic rings. The van der Waals surface area contributed by atoms with Crippen LogP contribution in [-0.4, -0.2) is 32.7 Å². The summed E-state index contributed by atoms with van der Waals surface area (Å²) in [4.78, 5) is 10.1. The number of nitrogens with zero attached hydrogens (tertiary/aromatic N) is 1. The highest BCUT2D eigenvalue weighted by molar-refractivity contribution is 7.90. The maximum atomic E-state index is 11.3. The first-order chi connectivity index (χ1) is 8.36. The summed E-state index contributed by atoms with van der Waals surface area (Å²) in [6.07, 6.45) is 1.55. The summed E-state index contributed by atoms with van der Waals surface area (Å²) >= 11 is 0. The van der Waals surface area contributed by atoms with E-state index in [1.807, 2.05) is 0 Å². The second kappa shape index (κ2) is 7.27. The van der Waals surface area contributed by atoms with Crippen molar-refractivity contribution in [2.45, 2.75) is 11.3 Å². The van der Waals surface area contributed by atoms with Crippen LogP contribution in [0.25, 0.3) is 0 Å². The van der Waals surface area contributed by atoms with E-state index in [0.717, 1.165) is 12.3 Å². The molecule has 1 rings (SSSR count). The van der Waals surface area contributed by atoms with E-state index in [-0.39, 0.29) is 35.3 Å². The minimum atomic E-state index is -3.48. The predicted octanol–water partition coefficient (Wildman–Crippen LogP) is 1.15. The Hall–Kier alpha value is -1.38. The van der Waals surface area contributed by atoms with Gasteiger partial charge in [0.1, 0.15) is 0 Å². The van der Waals surface area contributed by atoms with Crippen molar-refractivity contribution in [1.82, 2.24) is 0 Å². The van der Waals surface area contributed by atoms with Gasteiger partial charge in [0.25, 0.3) is 0 Å². The maximum absolute atomic E-state index is 11.3. The van der Waals surface area contributed by atoms with Crippen LogP contribution in [0, 0.1) is 10.1 Å². The minimum absolute atomic E-state index is 0. The van der Waals surface area contributed by atoms with Crippen molar-refractivity contribution in [3.05, 3.63) is 28.3 Å². The normalized spacial score (nSPS) is 10.6. The first kappa shape index (κ1) is 17.6. The summed E-state index contributed by atoms with van der Waals surface area (Å²) in [5.74, 6) is 0.0425. The highest BCUT2D eigenvalue weighted by atomic mass is 35.5. The van der Waals surface area contributed by atoms with Crippen LogP contribution in [0.1, 0.15) is 6.42 Å². The summed E-state index contributed by atoms with van der Waals surface area (Å²) in [5, 5.41) is 10.8. The quantitative estimate of drug-likeness (QED) is 0.479. The molecule has 0 heterocycles. The number of hydrogen-bond acceptors (Lipinski definition) is 6. The van der Waals surface area contributed by atoms with E-state index in [0.29, 0.717) is 13.0 Å². The molecule has 0 unspecified atom stereocenters. The standard InChI is InChI=1S/C10H14N2O5S.ClH/c1-18(15,16)8-3-4-10(17-6-2-5-11)9(7-8)12(13)14;/h3-4,7H,2,5-6,11H2,1H3;1H. The van der Waals surface area contributed by atoms with Crippen molar-refractivity contribution >= 4 is 27.9 Å². The lowest BCUT2D eigenvalue weighted by Gasteiger charge is -2.07. The summed E-state index contributed by atoms with van der Waals surface area (Å²) in [6.45, 7) is 0.658. The molecule has 0 fully saturated rings. The summed E-state index contributed by atoms with van der Waals surface area (Å²) in [7, 11) is -3.48. The van der Waals surface area contributed by atoms with E-state index in [1.165, 1.54) is 12.1 Å². The van der Waals surface area contributed by atoms with Crippen LogP contribution in [0.5, 0.6) is 5.75 Å². The van der Waals surface area contributed by atoms with Gasteiger partial charge in [-0.15, -0.1) is 12.4 Å². The molecule has 1 aromatic carbocycles. The van der Waals surface area contributed by atoms with Gasteiger partial charge < -0.3 is 10.5 Å². The van der Waals surface area contributed by atoms with E-state index >= 15 is 0 Å². The van der Waals surface area contributed by atoms with Crippen molar-refractivity contribution < 1.29 is 18.1 Å². The fraction of sp³-hybridized carbons (Fsp3) is 0.400. The summed E-state index contributed by atoms with van der Waals surface area (Å²) < 4.78 is 27.8. The average molecular weight is 311 g/mol. The molecule has 0 saturated carbocycles. The summed E-state index contributed by atoms with van der Waals surface area (Å²) in [5.41, 5.74) is 4.91. The van der Waals surface area contributed by atoms with E-state index in [9.17, 15) is 18.5 Å². The predicted molar refractivity (Wildman–Crippen MR) is 72.6 cm³/mol. The molecule has 19 heavy (non-hydrogen) atoms. The molecular formula is C10H15ClN2O5S. The van der Waals surface area contributed by atoms with Gasteiger partial charge in [-0.2, -0.15) is 0 Å². The van der Waals surface area contributed by atoms with Crippen molar-refractivity contribution in [3.8, 4) is 5.75 Å². The van der Waals surface area contributed by atoms with Crippen LogP contribution in [0.4, 0.5) is 5.69 Å². The highest BCUT2D eigenvalue weighted by Gasteiger charge is 2.19. The zero-order chi connectivity index (χ0) is 13.8. The summed E-state index contributed by atoms with van der Waals surface area (Å²) in [6, 6.07) is 3.55. The van der Waals surface area contributed by atoms with Gasteiger partial charge in [0, 0.05) is 12.3 Å². The van der Waals surface area contributed by atoms with Gasteiger partial charge in [0.2, 0.25) is 0 Å². The smallest absolute Gasteiger partial charge is 0.312 e. The topological polar surface area (TPSA) is 113 Å². The molecule has 0 bridgehead atoms. The molecule has 2 N–H and O–H groups in total. The third-order valence-electron chi connectivity index (χ3n) is 2.16.